The molecule has 2 aliphatic rings. The minimum absolute atomic E-state index is 0.0650. The summed E-state index contributed by atoms with van der Waals surface area (Å²) in [5.41, 5.74) is 4.58. The minimum atomic E-state index is -0.242. The monoisotopic (exact) mass is 444 g/mol. The van der Waals surface area contributed by atoms with Crippen molar-refractivity contribution in [3.8, 4) is 5.75 Å². The van der Waals surface area contributed by atoms with Gasteiger partial charge in [0.05, 0.1) is 22.2 Å². The van der Waals surface area contributed by atoms with E-state index in [2.05, 4.69) is 23.5 Å². The van der Waals surface area contributed by atoms with E-state index in [1.54, 1.807) is 17.0 Å². The third-order valence-electron chi connectivity index (χ3n) is 4.54. The van der Waals surface area contributed by atoms with Crippen LogP contribution in [0.2, 0.25) is 5.02 Å². The van der Waals surface area contributed by atoms with Crippen LogP contribution in [0.5, 0.6) is 5.75 Å². The highest BCUT2D eigenvalue weighted by molar-refractivity contribution is 8.26. The highest BCUT2D eigenvalue weighted by Gasteiger charge is 2.29. The second-order valence-corrected chi connectivity index (χ2v) is 9.09. The van der Waals surface area contributed by atoms with Gasteiger partial charge < -0.3 is 15.0 Å². The Bertz CT molecular complexity index is 1080. The lowest BCUT2D eigenvalue weighted by atomic mass is 10.1. The summed E-state index contributed by atoms with van der Waals surface area (Å²) in [6, 6.07) is 9.73. The van der Waals surface area contributed by atoms with Gasteiger partial charge in [-0.15, -0.1) is 0 Å². The van der Waals surface area contributed by atoms with Gasteiger partial charge >= 0.3 is 0 Å². The third kappa shape index (κ3) is 4.17. The zero-order valence-electron chi connectivity index (χ0n) is 15.7. The van der Waals surface area contributed by atoms with Gasteiger partial charge in [-0.1, -0.05) is 64.9 Å². The number of hydrogen-bond donors (Lipinski definition) is 1. The molecule has 2 aromatic rings. The summed E-state index contributed by atoms with van der Waals surface area (Å²) in [5, 5.41) is 2.98. The fourth-order valence-corrected chi connectivity index (χ4v) is 4.78. The van der Waals surface area contributed by atoms with Crippen molar-refractivity contribution in [2.45, 2.75) is 20.4 Å². The number of carbonyl (C=O) groups excluding carboxylic acids is 2. The van der Waals surface area contributed by atoms with Crippen molar-refractivity contribution in [3.05, 3.63) is 62.5 Å². The molecule has 2 aliphatic heterocycles. The van der Waals surface area contributed by atoms with Gasteiger partial charge in [-0.25, -0.2) is 0 Å². The van der Waals surface area contributed by atoms with Crippen LogP contribution in [-0.4, -0.2) is 22.7 Å². The number of thiocarbonyl (C=S) groups is 1. The molecule has 0 unspecified atom stereocenters. The van der Waals surface area contributed by atoms with E-state index in [0.717, 1.165) is 16.7 Å². The Morgan fingerprint density at radius 3 is 2.59 bits per heavy atom. The first-order valence-electron chi connectivity index (χ1n) is 8.89. The summed E-state index contributed by atoms with van der Waals surface area (Å²) in [6.07, 6.45) is 1.71. The van der Waals surface area contributed by atoms with E-state index in [4.69, 9.17) is 28.6 Å². The summed E-state index contributed by atoms with van der Waals surface area (Å²) in [4.78, 5) is 26.8. The topological polar surface area (TPSA) is 58.6 Å². The van der Waals surface area contributed by atoms with Crippen LogP contribution in [0.4, 0.5) is 5.69 Å². The average Bonchev–Trinajstić information content (AvgIpc) is 2.94. The number of hydrogen-bond acceptors (Lipinski definition) is 5. The van der Waals surface area contributed by atoms with Crippen molar-refractivity contribution in [3.63, 3.8) is 0 Å². The lowest BCUT2D eigenvalue weighted by molar-refractivity contribution is -0.121. The number of aryl methyl sites for hydroxylation is 2. The maximum Gasteiger partial charge on any atom is 0.265 e. The first-order chi connectivity index (χ1) is 13.8. The Hall–Kier alpha value is -2.35. The predicted molar refractivity (Wildman–Crippen MR) is 120 cm³/mol. The van der Waals surface area contributed by atoms with Gasteiger partial charge in [-0.2, -0.15) is 0 Å². The molecule has 0 aromatic heterocycles. The maximum atomic E-state index is 12.7. The first kappa shape index (κ1) is 19.9. The molecule has 2 amide bonds. The molecule has 1 N–H and O–H groups in total. The van der Waals surface area contributed by atoms with Crippen LogP contribution in [0.3, 0.4) is 0 Å². The number of amides is 2. The molecule has 0 bridgehead atoms. The van der Waals surface area contributed by atoms with Gasteiger partial charge in [0.25, 0.3) is 11.8 Å². The second kappa shape index (κ2) is 7.82. The van der Waals surface area contributed by atoms with Crippen molar-refractivity contribution >= 4 is 63.5 Å². The molecular weight excluding hydrogens is 428 g/mol. The van der Waals surface area contributed by atoms with Crippen LogP contribution in [0.25, 0.3) is 6.08 Å². The predicted octanol–water partition coefficient (Wildman–Crippen LogP) is 4.37. The quantitative estimate of drug-likeness (QED) is 0.562. The second-order valence-electron chi connectivity index (χ2n) is 6.97. The van der Waals surface area contributed by atoms with Crippen molar-refractivity contribution in [2.24, 2.45) is 0 Å². The van der Waals surface area contributed by atoms with Crippen LogP contribution in [0, 0.1) is 13.8 Å². The molecule has 4 rings (SSSR count). The minimum Gasteiger partial charge on any atom is -0.480 e. The number of halogens is 1. The summed E-state index contributed by atoms with van der Waals surface area (Å²) in [5.74, 6) is 0.0804. The highest BCUT2D eigenvalue weighted by atomic mass is 35.5. The van der Waals surface area contributed by atoms with Gasteiger partial charge in [0.1, 0.15) is 4.32 Å². The van der Waals surface area contributed by atoms with Gasteiger partial charge in [-0.3, -0.25) is 9.59 Å². The number of ether oxygens (including phenoxy) is 1. The van der Waals surface area contributed by atoms with E-state index in [1.807, 2.05) is 19.9 Å². The molecule has 29 heavy (non-hydrogen) atoms. The Kier molecular flexibility index (Phi) is 5.38. The van der Waals surface area contributed by atoms with Gasteiger partial charge in [0, 0.05) is 0 Å². The summed E-state index contributed by atoms with van der Waals surface area (Å²) < 4.78 is 6.01. The molecule has 8 heteroatoms. The molecule has 0 radical (unpaired) electrons. The number of anilines is 1. The molecule has 0 saturated carbocycles. The van der Waals surface area contributed by atoms with Crippen molar-refractivity contribution in [1.82, 2.24) is 5.32 Å². The largest absolute Gasteiger partial charge is 0.480 e. The van der Waals surface area contributed by atoms with E-state index in [1.165, 1.54) is 11.8 Å². The van der Waals surface area contributed by atoms with E-state index >= 15 is 0 Å². The zero-order valence-corrected chi connectivity index (χ0v) is 18.1. The molecule has 148 valence electrons. The Morgan fingerprint density at radius 2 is 1.93 bits per heavy atom. The first-order valence-corrected chi connectivity index (χ1v) is 10.5. The standard InChI is InChI=1S/C21H17ClN2O3S2/c1-11-3-12(2)5-14(4-11)9-24-16-7-13(8-17-20(26)23-21(28)29-17)6-15(22)19(16)27-10-18(24)25/h3-8H,9-10H2,1-2H3,(H,23,26,28)/b17-8+. The van der Waals surface area contributed by atoms with Crippen molar-refractivity contribution in [1.29, 1.82) is 0 Å². The van der Waals surface area contributed by atoms with Crippen molar-refractivity contribution < 1.29 is 14.3 Å². The average molecular weight is 445 g/mol. The molecule has 0 aliphatic carbocycles. The normalized spacial score (nSPS) is 17.4. The zero-order chi connectivity index (χ0) is 20.7. The number of nitrogens with zero attached hydrogens (tertiary/aromatic N) is 1. The molecular formula is C21H17ClN2O3S2. The van der Waals surface area contributed by atoms with Crippen molar-refractivity contribution in [2.75, 3.05) is 11.5 Å². The lowest BCUT2D eigenvalue weighted by Crippen LogP contribution is -2.38. The molecule has 5 nitrogen and oxygen atoms in total. The summed E-state index contributed by atoms with van der Waals surface area (Å²) >= 11 is 12.7. The Balaban J connectivity index is 1.74. The summed E-state index contributed by atoms with van der Waals surface area (Å²) in [7, 11) is 0. The highest BCUT2D eigenvalue weighted by Crippen LogP contribution is 2.41. The van der Waals surface area contributed by atoms with Gasteiger partial charge in [0.15, 0.2) is 12.4 Å². The number of fused-ring (bicyclic) bond motifs is 1. The number of carbonyl (C=O) groups is 2. The molecule has 2 heterocycles. The fraction of sp³-hybridized carbons (Fsp3) is 0.190. The number of thioether (sulfide) groups is 1. The SMILES string of the molecule is Cc1cc(C)cc(CN2C(=O)COc3c(Cl)cc(/C=C4/SC(=S)NC4=O)cc32)c1. The van der Waals surface area contributed by atoms with Crippen LogP contribution >= 0.6 is 35.6 Å². The third-order valence-corrected chi connectivity index (χ3v) is 5.98. The summed E-state index contributed by atoms with van der Waals surface area (Å²) in [6.45, 7) is 4.40. The van der Waals surface area contributed by atoms with E-state index in [0.29, 0.717) is 37.8 Å². The van der Waals surface area contributed by atoms with E-state index < -0.39 is 0 Å². The molecule has 1 saturated heterocycles. The molecule has 0 atom stereocenters. The van der Waals surface area contributed by atoms with Gasteiger partial charge in [-0.05, 0) is 43.2 Å². The van der Waals surface area contributed by atoms with E-state index in [9.17, 15) is 9.59 Å². The van der Waals surface area contributed by atoms with E-state index in [-0.39, 0.29) is 18.4 Å². The number of benzene rings is 2. The number of rotatable bonds is 3. The smallest absolute Gasteiger partial charge is 0.265 e. The van der Waals surface area contributed by atoms with Gasteiger partial charge in [0.2, 0.25) is 0 Å². The van der Waals surface area contributed by atoms with Crippen LogP contribution in [0.1, 0.15) is 22.3 Å². The Labute approximate surface area is 183 Å². The number of nitrogens with one attached hydrogen (secondary N) is 1. The Morgan fingerprint density at radius 1 is 1.21 bits per heavy atom. The molecule has 0 spiro atoms. The molecule has 2 aromatic carbocycles. The lowest BCUT2D eigenvalue weighted by Gasteiger charge is -2.30. The maximum absolute atomic E-state index is 12.7. The van der Waals surface area contributed by atoms with Crippen LogP contribution in [0.15, 0.2) is 35.2 Å². The van der Waals surface area contributed by atoms with Crippen LogP contribution in [-0.2, 0) is 16.1 Å². The fourth-order valence-electron chi connectivity index (χ4n) is 3.46. The molecule has 1 fully saturated rings. The van der Waals surface area contributed by atoms with Crippen LogP contribution < -0.4 is 15.0 Å².